The lowest BCUT2D eigenvalue weighted by molar-refractivity contribution is -0.115. The van der Waals surface area contributed by atoms with Crippen LogP contribution in [0, 0.1) is 20.8 Å². The Bertz CT molecular complexity index is 1150. The van der Waals surface area contributed by atoms with Gasteiger partial charge in [0.25, 0.3) is 5.91 Å². The first-order valence-electron chi connectivity index (χ1n) is 9.62. The number of amides is 1. The molecule has 4 rings (SSSR count). The van der Waals surface area contributed by atoms with Crippen molar-refractivity contribution in [3.05, 3.63) is 82.0 Å². The maximum absolute atomic E-state index is 12.4. The van der Waals surface area contributed by atoms with Crippen molar-refractivity contribution in [1.29, 1.82) is 0 Å². The maximum atomic E-state index is 12.4. The fraction of sp³-hybridized carbons (Fsp3) is 0.167. The van der Waals surface area contributed by atoms with Gasteiger partial charge in [0.15, 0.2) is 5.17 Å². The molecule has 0 saturated carbocycles. The van der Waals surface area contributed by atoms with Crippen LogP contribution in [0.3, 0.4) is 0 Å². The van der Waals surface area contributed by atoms with Crippen molar-refractivity contribution >= 4 is 34.6 Å². The van der Waals surface area contributed by atoms with Crippen LogP contribution in [-0.4, -0.2) is 22.8 Å². The molecule has 30 heavy (non-hydrogen) atoms. The number of ether oxygens (including phenoxy) is 1. The van der Waals surface area contributed by atoms with Gasteiger partial charge in [-0.15, -0.1) is 0 Å². The van der Waals surface area contributed by atoms with E-state index in [2.05, 4.69) is 27.0 Å². The number of aliphatic imine (C=N–C) groups is 1. The maximum Gasteiger partial charge on any atom is 0.264 e. The van der Waals surface area contributed by atoms with E-state index >= 15 is 0 Å². The minimum Gasteiger partial charge on any atom is -0.497 e. The quantitative estimate of drug-likeness (QED) is 0.586. The summed E-state index contributed by atoms with van der Waals surface area (Å²) in [5.41, 5.74) is 6.23. The lowest BCUT2D eigenvalue weighted by Gasteiger charge is -2.06. The number of thioether (sulfide) groups is 1. The van der Waals surface area contributed by atoms with E-state index in [1.54, 1.807) is 7.11 Å². The van der Waals surface area contributed by atoms with E-state index in [9.17, 15) is 4.79 Å². The zero-order valence-corrected chi connectivity index (χ0v) is 18.2. The zero-order chi connectivity index (χ0) is 21.3. The molecule has 1 saturated heterocycles. The first-order valence-corrected chi connectivity index (χ1v) is 10.4. The largest absolute Gasteiger partial charge is 0.497 e. The number of hydrogen-bond donors (Lipinski definition) is 1. The van der Waals surface area contributed by atoms with Crippen LogP contribution in [0.2, 0.25) is 0 Å². The molecular weight excluding hydrogens is 394 g/mol. The average Bonchev–Trinajstić information content (AvgIpc) is 3.23. The zero-order valence-electron chi connectivity index (χ0n) is 17.4. The molecule has 1 aliphatic heterocycles. The van der Waals surface area contributed by atoms with Crippen molar-refractivity contribution in [2.24, 2.45) is 4.99 Å². The number of amidine groups is 1. The highest BCUT2D eigenvalue weighted by Crippen LogP contribution is 2.29. The predicted octanol–water partition coefficient (Wildman–Crippen LogP) is 5.30. The number of aromatic nitrogens is 1. The number of hydrogen-bond acceptors (Lipinski definition) is 4. The smallest absolute Gasteiger partial charge is 0.264 e. The molecule has 0 radical (unpaired) electrons. The minimum absolute atomic E-state index is 0.127. The summed E-state index contributed by atoms with van der Waals surface area (Å²) in [6.45, 7) is 6.12. The second-order valence-electron chi connectivity index (χ2n) is 7.31. The van der Waals surface area contributed by atoms with Crippen molar-refractivity contribution in [1.82, 2.24) is 9.88 Å². The van der Waals surface area contributed by atoms with Gasteiger partial charge in [-0.2, -0.15) is 0 Å². The van der Waals surface area contributed by atoms with Crippen LogP contribution in [0.5, 0.6) is 5.75 Å². The minimum atomic E-state index is -0.127. The number of nitrogens with one attached hydrogen (secondary N) is 1. The number of methoxy groups -OCH3 is 1. The van der Waals surface area contributed by atoms with Gasteiger partial charge in [-0.25, -0.2) is 4.99 Å². The Morgan fingerprint density at radius 3 is 2.40 bits per heavy atom. The molecule has 1 fully saturated rings. The number of nitrogens with zero attached hydrogens (tertiary/aromatic N) is 2. The normalized spacial score (nSPS) is 16.3. The summed E-state index contributed by atoms with van der Waals surface area (Å²) in [5.74, 6) is 0.693. The summed E-state index contributed by atoms with van der Waals surface area (Å²) < 4.78 is 7.32. The number of aryl methyl sites for hydroxylation is 3. The summed E-state index contributed by atoms with van der Waals surface area (Å²) in [6.07, 6.45) is 3.92. The third-order valence-corrected chi connectivity index (χ3v) is 5.68. The highest BCUT2D eigenvalue weighted by molar-refractivity contribution is 8.18. The summed E-state index contributed by atoms with van der Waals surface area (Å²) in [5, 5.41) is 3.46. The van der Waals surface area contributed by atoms with Crippen molar-refractivity contribution < 1.29 is 9.53 Å². The van der Waals surface area contributed by atoms with Gasteiger partial charge in [0.05, 0.1) is 17.7 Å². The molecule has 5 nitrogen and oxygen atoms in total. The molecule has 6 heteroatoms. The molecule has 0 spiro atoms. The molecule has 0 bridgehead atoms. The standard InChI is InChI=1S/C24H23N3O2S/c1-15-9-16(2)11-19(10-15)25-24-26-23(28)22(30-24)13-18-12-17(3)27(14-18)20-5-7-21(29-4)8-6-20/h5-14H,1-4H3,(H,25,26,28)/b22-13+. The van der Waals surface area contributed by atoms with Gasteiger partial charge in [0.1, 0.15) is 5.75 Å². The third kappa shape index (κ3) is 4.33. The highest BCUT2D eigenvalue weighted by atomic mass is 32.2. The van der Waals surface area contributed by atoms with Crippen molar-refractivity contribution in [3.8, 4) is 11.4 Å². The summed E-state index contributed by atoms with van der Waals surface area (Å²) in [4.78, 5) is 17.7. The fourth-order valence-corrected chi connectivity index (χ4v) is 4.30. The number of rotatable bonds is 4. The van der Waals surface area contributed by atoms with Crippen LogP contribution in [0.1, 0.15) is 22.4 Å². The topological polar surface area (TPSA) is 55.6 Å². The van der Waals surface area contributed by atoms with Crippen LogP contribution in [0.4, 0.5) is 5.69 Å². The Morgan fingerprint density at radius 1 is 1.03 bits per heavy atom. The Hall–Kier alpha value is -3.25. The van der Waals surface area contributed by atoms with Gasteiger partial charge in [-0.05, 0) is 97.8 Å². The third-order valence-electron chi connectivity index (χ3n) is 4.77. The Labute approximate surface area is 180 Å². The fourth-order valence-electron chi connectivity index (χ4n) is 3.46. The van der Waals surface area contributed by atoms with Gasteiger partial charge >= 0.3 is 0 Å². The number of carbonyl (C=O) groups is 1. The molecule has 0 aliphatic carbocycles. The molecule has 1 N–H and O–H groups in total. The van der Waals surface area contributed by atoms with E-state index < -0.39 is 0 Å². The van der Waals surface area contributed by atoms with Crippen LogP contribution in [0.25, 0.3) is 11.8 Å². The Kier molecular flexibility index (Phi) is 5.50. The molecule has 3 aromatic rings. The van der Waals surface area contributed by atoms with Crippen molar-refractivity contribution in [2.45, 2.75) is 20.8 Å². The Morgan fingerprint density at radius 2 is 1.73 bits per heavy atom. The second kappa shape index (κ2) is 8.24. The van der Waals surface area contributed by atoms with Gasteiger partial charge in [0, 0.05) is 17.6 Å². The number of benzene rings is 2. The average molecular weight is 418 g/mol. The van der Waals surface area contributed by atoms with Crippen molar-refractivity contribution in [2.75, 3.05) is 7.11 Å². The van der Waals surface area contributed by atoms with Gasteiger partial charge in [0.2, 0.25) is 0 Å². The van der Waals surface area contributed by atoms with Crippen LogP contribution in [0.15, 0.2) is 64.6 Å². The first kappa shape index (κ1) is 20.0. The molecule has 1 aromatic heterocycles. The van der Waals surface area contributed by atoms with Crippen molar-refractivity contribution in [3.63, 3.8) is 0 Å². The molecular formula is C24H23N3O2S. The van der Waals surface area contributed by atoms with Crippen LogP contribution < -0.4 is 10.1 Å². The van der Waals surface area contributed by atoms with Crippen LogP contribution in [-0.2, 0) is 4.79 Å². The number of carbonyl (C=O) groups excluding carboxylic acids is 1. The highest BCUT2D eigenvalue weighted by Gasteiger charge is 2.24. The summed E-state index contributed by atoms with van der Waals surface area (Å²) in [6, 6.07) is 16.1. The molecule has 0 atom stereocenters. The van der Waals surface area contributed by atoms with E-state index in [4.69, 9.17) is 4.74 Å². The molecule has 2 heterocycles. The SMILES string of the molecule is COc1ccc(-n2cc(/C=C3/SC(=Nc4cc(C)cc(C)c4)NC3=O)cc2C)cc1. The monoisotopic (exact) mass is 417 g/mol. The van der Waals surface area contributed by atoms with E-state index in [1.165, 1.54) is 11.8 Å². The molecule has 1 amide bonds. The van der Waals surface area contributed by atoms with Gasteiger partial charge in [-0.1, -0.05) is 6.07 Å². The summed E-state index contributed by atoms with van der Waals surface area (Å²) >= 11 is 1.36. The predicted molar refractivity (Wildman–Crippen MR) is 124 cm³/mol. The van der Waals surface area contributed by atoms with Gasteiger partial charge < -0.3 is 14.6 Å². The van der Waals surface area contributed by atoms with E-state index in [0.29, 0.717) is 10.1 Å². The molecule has 0 unspecified atom stereocenters. The molecule has 1 aliphatic rings. The molecule has 2 aromatic carbocycles. The lowest BCUT2D eigenvalue weighted by atomic mass is 10.1. The Balaban J connectivity index is 1.57. The van der Waals surface area contributed by atoms with E-state index in [1.807, 2.05) is 69.4 Å². The van der Waals surface area contributed by atoms with Gasteiger partial charge in [-0.3, -0.25) is 4.79 Å². The van der Waals surface area contributed by atoms with E-state index in [0.717, 1.165) is 39.5 Å². The van der Waals surface area contributed by atoms with E-state index in [-0.39, 0.29) is 5.91 Å². The first-order chi connectivity index (χ1) is 14.4. The lowest BCUT2D eigenvalue weighted by Crippen LogP contribution is -2.19. The van der Waals surface area contributed by atoms with Crippen LogP contribution >= 0.6 is 11.8 Å². The molecule has 152 valence electrons. The summed E-state index contributed by atoms with van der Waals surface area (Å²) in [7, 11) is 1.65. The second-order valence-corrected chi connectivity index (χ2v) is 8.34.